The zero-order valence-corrected chi connectivity index (χ0v) is 11.9. The monoisotopic (exact) mass is 277 g/mol. The van der Waals surface area contributed by atoms with Gasteiger partial charge in [0.05, 0.1) is 6.61 Å². The molecule has 0 aliphatic carbocycles. The number of likely N-dealkylation sites (N-methyl/N-ethyl adjacent to an activating group) is 1. The van der Waals surface area contributed by atoms with Gasteiger partial charge in [-0.25, -0.2) is 4.79 Å². The van der Waals surface area contributed by atoms with E-state index < -0.39 is 5.63 Å². The summed E-state index contributed by atoms with van der Waals surface area (Å²) < 4.78 is 5.20. The topological polar surface area (TPSA) is 73.9 Å². The van der Waals surface area contributed by atoms with Gasteiger partial charge in [0.2, 0.25) is 0 Å². The highest BCUT2D eigenvalue weighted by atomic mass is 16.4. The molecule has 1 atom stereocenters. The summed E-state index contributed by atoms with van der Waals surface area (Å²) >= 11 is 0. The summed E-state index contributed by atoms with van der Waals surface area (Å²) in [5.41, 5.74) is 1.35. The molecule has 2 N–H and O–H groups in total. The van der Waals surface area contributed by atoms with Crippen molar-refractivity contribution in [3.05, 3.63) is 39.7 Å². The predicted molar refractivity (Wildman–Crippen MR) is 76.9 cm³/mol. The molecule has 108 valence electrons. The second-order valence-corrected chi connectivity index (χ2v) is 5.12. The number of phenols is 1. The van der Waals surface area contributed by atoms with Crippen molar-refractivity contribution < 1.29 is 14.6 Å². The van der Waals surface area contributed by atoms with Gasteiger partial charge in [-0.3, -0.25) is 4.90 Å². The minimum absolute atomic E-state index is 0.00416. The van der Waals surface area contributed by atoms with Crippen LogP contribution in [0, 0.1) is 6.92 Å². The summed E-state index contributed by atoms with van der Waals surface area (Å²) in [6, 6.07) is 4.79. The molecule has 0 aliphatic heterocycles. The average Bonchev–Trinajstić information content (AvgIpc) is 2.42. The zero-order valence-electron chi connectivity index (χ0n) is 11.9. The number of nitrogens with zero attached hydrogens (tertiary/aromatic N) is 1. The van der Waals surface area contributed by atoms with E-state index >= 15 is 0 Å². The quantitative estimate of drug-likeness (QED) is 0.831. The molecule has 0 spiro atoms. The molecular weight excluding hydrogens is 258 g/mol. The minimum Gasteiger partial charge on any atom is -0.508 e. The Bertz CT molecular complexity index is 677. The fraction of sp³-hybridized carbons (Fsp3) is 0.400. The normalized spacial score (nSPS) is 13.1. The van der Waals surface area contributed by atoms with E-state index in [1.807, 2.05) is 18.9 Å². The number of fused-ring (bicyclic) bond motifs is 1. The van der Waals surface area contributed by atoms with Crippen molar-refractivity contribution in [2.45, 2.75) is 26.4 Å². The molecule has 5 nitrogen and oxygen atoms in total. The smallest absolute Gasteiger partial charge is 0.336 e. The van der Waals surface area contributed by atoms with Crippen LogP contribution in [0.5, 0.6) is 5.75 Å². The SMILES string of the molecule is Cc1c(O)ccc2c(CN(C)C(C)CO)cc(=O)oc12. The maximum absolute atomic E-state index is 11.7. The molecular formula is C15H19NO4. The van der Waals surface area contributed by atoms with Gasteiger partial charge >= 0.3 is 5.63 Å². The molecule has 20 heavy (non-hydrogen) atoms. The van der Waals surface area contributed by atoms with Crippen LogP contribution in [-0.2, 0) is 6.54 Å². The highest BCUT2D eigenvalue weighted by Gasteiger charge is 2.14. The number of hydrogen-bond acceptors (Lipinski definition) is 5. The first-order valence-corrected chi connectivity index (χ1v) is 6.50. The Morgan fingerprint density at radius 2 is 2.10 bits per heavy atom. The molecule has 1 aromatic heterocycles. The number of aliphatic hydroxyl groups is 1. The lowest BCUT2D eigenvalue weighted by Gasteiger charge is -2.23. The van der Waals surface area contributed by atoms with Gasteiger partial charge in [0.1, 0.15) is 11.3 Å². The van der Waals surface area contributed by atoms with Crippen molar-refractivity contribution in [3.63, 3.8) is 0 Å². The summed E-state index contributed by atoms with van der Waals surface area (Å²) in [5.74, 6) is 0.106. The van der Waals surface area contributed by atoms with Crippen molar-refractivity contribution in [2.24, 2.45) is 0 Å². The van der Waals surface area contributed by atoms with Gasteiger partial charge < -0.3 is 14.6 Å². The van der Waals surface area contributed by atoms with Crippen molar-refractivity contribution >= 4 is 11.0 Å². The van der Waals surface area contributed by atoms with Gasteiger partial charge in [-0.2, -0.15) is 0 Å². The molecule has 2 rings (SSSR count). The third kappa shape index (κ3) is 2.69. The maximum atomic E-state index is 11.7. The average molecular weight is 277 g/mol. The fourth-order valence-corrected chi connectivity index (χ4v) is 2.11. The molecule has 0 aliphatic rings. The highest BCUT2D eigenvalue weighted by Crippen LogP contribution is 2.27. The van der Waals surface area contributed by atoms with Crippen LogP contribution in [0.1, 0.15) is 18.1 Å². The van der Waals surface area contributed by atoms with Crippen molar-refractivity contribution in [3.8, 4) is 5.75 Å². The van der Waals surface area contributed by atoms with Crippen LogP contribution in [0.3, 0.4) is 0 Å². The van der Waals surface area contributed by atoms with Crippen molar-refractivity contribution in [1.82, 2.24) is 4.90 Å². The zero-order chi connectivity index (χ0) is 14.9. The van der Waals surface area contributed by atoms with Crippen molar-refractivity contribution in [1.29, 1.82) is 0 Å². The van der Waals surface area contributed by atoms with E-state index in [1.54, 1.807) is 19.1 Å². The van der Waals surface area contributed by atoms with Gasteiger partial charge in [0, 0.05) is 29.6 Å². The minimum atomic E-state index is -0.439. The third-order valence-corrected chi connectivity index (χ3v) is 3.65. The van der Waals surface area contributed by atoms with E-state index in [4.69, 9.17) is 4.42 Å². The fourth-order valence-electron chi connectivity index (χ4n) is 2.11. The Morgan fingerprint density at radius 3 is 2.75 bits per heavy atom. The third-order valence-electron chi connectivity index (χ3n) is 3.65. The maximum Gasteiger partial charge on any atom is 0.336 e. The van der Waals surface area contributed by atoms with Gasteiger partial charge in [0.15, 0.2) is 0 Å². The van der Waals surface area contributed by atoms with Crippen LogP contribution in [0.25, 0.3) is 11.0 Å². The van der Waals surface area contributed by atoms with E-state index in [1.165, 1.54) is 6.07 Å². The summed E-state index contributed by atoms with van der Waals surface area (Å²) in [5, 5.41) is 19.7. The Morgan fingerprint density at radius 1 is 1.40 bits per heavy atom. The van der Waals surface area contributed by atoms with Crippen LogP contribution in [-0.4, -0.2) is 34.8 Å². The summed E-state index contributed by atoms with van der Waals surface area (Å²) in [4.78, 5) is 13.6. The summed E-state index contributed by atoms with van der Waals surface area (Å²) in [6.45, 7) is 4.19. The Kier molecular flexibility index (Phi) is 4.11. The standard InChI is InChI=1S/C15H19NO4/c1-9(8-17)16(3)7-11-6-14(19)20-15-10(2)13(18)5-4-12(11)15/h4-6,9,17-18H,7-8H2,1-3H3. The second-order valence-electron chi connectivity index (χ2n) is 5.12. The summed E-state index contributed by atoms with van der Waals surface area (Å²) in [7, 11) is 1.88. The predicted octanol–water partition coefficient (Wildman–Crippen LogP) is 1.62. The highest BCUT2D eigenvalue weighted by molar-refractivity contribution is 5.84. The molecule has 0 saturated carbocycles. The number of benzene rings is 1. The van der Waals surface area contributed by atoms with Gasteiger partial charge in [-0.05, 0) is 38.6 Å². The van der Waals surface area contributed by atoms with E-state index in [0.29, 0.717) is 17.7 Å². The van der Waals surface area contributed by atoms with E-state index in [9.17, 15) is 15.0 Å². The first kappa shape index (κ1) is 14.6. The molecule has 1 aromatic carbocycles. The lowest BCUT2D eigenvalue weighted by atomic mass is 10.1. The molecule has 0 saturated heterocycles. The number of rotatable bonds is 4. The molecule has 0 amide bonds. The molecule has 5 heteroatoms. The lowest BCUT2D eigenvalue weighted by molar-refractivity contribution is 0.154. The molecule has 1 unspecified atom stereocenters. The number of hydrogen-bond donors (Lipinski definition) is 2. The number of aryl methyl sites for hydroxylation is 1. The van der Waals surface area contributed by atoms with Crippen LogP contribution < -0.4 is 5.63 Å². The van der Waals surface area contributed by atoms with Crippen LogP contribution in [0.4, 0.5) is 0 Å². The van der Waals surface area contributed by atoms with Crippen LogP contribution in [0.15, 0.2) is 27.4 Å². The van der Waals surface area contributed by atoms with Gasteiger partial charge in [0.25, 0.3) is 0 Å². The Balaban J connectivity index is 2.54. The number of aliphatic hydroxyl groups excluding tert-OH is 1. The molecule has 0 fully saturated rings. The molecule has 1 heterocycles. The first-order chi connectivity index (χ1) is 9.43. The summed E-state index contributed by atoms with van der Waals surface area (Å²) in [6.07, 6.45) is 0. The van der Waals surface area contributed by atoms with Crippen LogP contribution >= 0.6 is 0 Å². The number of aromatic hydroxyl groups is 1. The lowest BCUT2D eigenvalue weighted by Crippen LogP contribution is -2.31. The van der Waals surface area contributed by atoms with Crippen LogP contribution in [0.2, 0.25) is 0 Å². The second kappa shape index (κ2) is 5.64. The molecule has 0 radical (unpaired) electrons. The Labute approximate surface area is 117 Å². The molecule has 0 bridgehead atoms. The molecule has 2 aromatic rings. The van der Waals surface area contributed by atoms with E-state index in [-0.39, 0.29) is 18.4 Å². The van der Waals surface area contributed by atoms with E-state index in [0.717, 1.165) is 10.9 Å². The van der Waals surface area contributed by atoms with Gasteiger partial charge in [-0.1, -0.05) is 0 Å². The van der Waals surface area contributed by atoms with Crippen molar-refractivity contribution in [2.75, 3.05) is 13.7 Å². The first-order valence-electron chi connectivity index (χ1n) is 6.50. The Hall–Kier alpha value is -1.85. The largest absolute Gasteiger partial charge is 0.508 e. The van der Waals surface area contributed by atoms with E-state index in [2.05, 4.69) is 0 Å². The number of phenolic OH excluding ortho intramolecular Hbond substituents is 1. The van der Waals surface area contributed by atoms with Gasteiger partial charge in [-0.15, -0.1) is 0 Å².